The van der Waals surface area contributed by atoms with E-state index in [9.17, 15) is 18.6 Å². The molecule has 2 N–H and O–H groups in total. The number of halogens is 1. The predicted octanol–water partition coefficient (Wildman–Crippen LogP) is -0.539. The van der Waals surface area contributed by atoms with Crippen LogP contribution >= 0.6 is 11.6 Å². The van der Waals surface area contributed by atoms with Crippen molar-refractivity contribution in [2.24, 2.45) is 0 Å². The predicted molar refractivity (Wildman–Crippen MR) is 60.0 cm³/mol. The lowest BCUT2D eigenvalue weighted by Crippen LogP contribution is -2.30. The van der Waals surface area contributed by atoms with Crippen molar-refractivity contribution in [3.63, 3.8) is 0 Å². The van der Waals surface area contributed by atoms with Crippen LogP contribution in [0, 0.1) is 0 Å². The normalized spacial score (nSPS) is 26.3. The first-order valence-electron chi connectivity index (χ1n) is 4.88. The fraction of sp³-hybridized carbons (Fsp3) is 0.444. The van der Waals surface area contributed by atoms with E-state index in [-0.39, 0.29) is 23.0 Å². The molecule has 0 bridgehead atoms. The minimum absolute atomic E-state index is 0.0656. The van der Waals surface area contributed by atoms with E-state index in [0.29, 0.717) is 0 Å². The number of β-amino-alcohol motifs (C(OH)–C–C–N with tert-alkyl or cyclic N) is 2. The Kier molecular flexibility index (Phi) is 3.37. The largest absolute Gasteiger partial charge is 0.389 e. The number of aliphatic hydroxyl groups excluding tert-OH is 2. The summed E-state index contributed by atoms with van der Waals surface area (Å²) in [4.78, 5) is 3.58. The van der Waals surface area contributed by atoms with Gasteiger partial charge in [0.15, 0.2) is 0 Å². The number of rotatable bonds is 2. The summed E-state index contributed by atoms with van der Waals surface area (Å²) >= 11 is 5.79. The summed E-state index contributed by atoms with van der Waals surface area (Å²) in [5.74, 6) is 0. The summed E-state index contributed by atoms with van der Waals surface area (Å²) in [6.45, 7) is -0.288. The molecule has 6 nitrogen and oxygen atoms in total. The molecular formula is C9H11ClN2O4S. The summed E-state index contributed by atoms with van der Waals surface area (Å²) in [7, 11) is -3.82. The van der Waals surface area contributed by atoms with Crippen molar-refractivity contribution in [1.29, 1.82) is 0 Å². The molecule has 0 amide bonds. The zero-order chi connectivity index (χ0) is 12.6. The summed E-state index contributed by atoms with van der Waals surface area (Å²) in [5.41, 5.74) is 0. The Hall–Kier alpha value is -0.730. The van der Waals surface area contributed by atoms with Gasteiger partial charge in [-0.15, -0.1) is 0 Å². The van der Waals surface area contributed by atoms with Crippen LogP contribution < -0.4 is 0 Å². The molecule has 1 aliphatic rings. The van der Waals surface area contributed by atoms with E-state index in [0.717, 1.165) is 10.5 Å². The van der Waals surface area contributed by atoms with Gasteiger partial charge in [0.25, 0.3) is 0 Å². The van der Waals surface area contributed by atoms with Gasteiger partial charge in [-0.1, -0.05) is 11.6 Å². The van der Waals surface area contributed by atoms with Crippen molar-refractivity contribution in [3.05, 3.63) is 23.5 Å². The van der Waals surface area contributed by atoms with Crippen molar-refractivity contribution in [1.82, 2.24) is 9.29 Å². The molecule has 1 saturated heterocycles. The molecule has 0 spiro atoms. The highest BCUT2D eigenvalue weighted by atomic mass is 35.5. The molecule has 1 fully saturated rings. The van der Waals surface area contributed by atoms with Crippen molar-refractivity contribution < 1.29 is 18.6 Å². The van der Waals surface area contributed by atoms with Crippen LogP contribution in [0.25, 0.3) is 0 Å². The van der Waals surface area contributed by atoms with E-state index in [1.807, 2.05) is 0 Å². The Morgan fingerprint density at radius 1 is 1.35 bits per heavy atom. The van der Waals surface area contributed by atoms with Gasteiger partial charge in [-0.25, -0.2) is 8.42 Å². The molecule has 17 heavy (non-hydrogen) atoms. The lowest BCUT2D eigenvalue weighted by atomic mass is 10.3. The molecule has 2 unspecified atom stereocenters. The fourth-order valence-corrected chi connectivity index (χ4v) is 3.51. The smallest absolute Gasteiger partial charge is 0.246 e. The Labute approximate surface area is 104 Å². The van der Waals surface area contributed by atoms with Crippen LogP contribution in [0.5, 0.6) is 0 Å². The molecule has 8 heteroatoms. The minimum Gasteiger partial charge on any atom is -0.389 e. The molecular weight excluding hydrogens is 268 g/mol. The van der Waals surface area contributed by atoms with Crippen LogP contribution in [0.15, 0.2) is 23.4 Å². The second-order valence-corrected chi connectivity index (χ2v) is 6.08. The molecule has 0 radical (unpaired) electrons. The lowest BCUT2D eigenvalue weighted by molar-refractivity contribution is 0.0572. The standard InChI is InChI=1S/C9H11ClN2O4S/c10-6-1-2-11-3-9(6)17(15,16)12-4-7(13)8(14)5-12/h1-3,7-8,13-14H,4-5H2. The second-order valence-electron chi connectivity index (χ2n) is 3.76. The second kappa shape index (κ2) is 4.51. The van der Waals surface area contributed by atoms with E-state index in [4.69, 9.17) is 11.6 Å². The van der Waals surface area contributed by atoms with Gasteiger partial charge in [-0.05, 0) is 6.07 Å². The summed E-state index contributed by atoms with van der Waals surface area (Å²) in [6, 6.07) is 1.37. The zero-order valence-corrected chi connectivity index (χ0v) is 10.3. The first-order chi connectivity index (χ1) is 7.93. The highest BCUT2D eigenvalue weighted by Crippen LogP contribution is 2.26. The van der Waals surface area contributed by atoms with Crippen molar-refractivity contribution in [2.45, 2.75) is 17.1 Å². The highest BCUT2D eigenvalue weighted by Gasteiger charge is 2.38. The minimum atomic E-state index is -3.82. The van der Waals surface area contributed by atoms with Gasteiger partial charge in [0.2, 0.25) is 10.0 Å². The van der Waals surface area contributed by atoms with Crippen LogP contribution in [0.4, 0.5) is 0 Å². The average Bonchev–Trinajstić information content (AvgIpc) is 2.60. The molecule has 2 heterocycles. The van der Waals surface area contributed by atoms with Crippen LogP contribution in [0.1, 0.15) is 0 Å². The lowest BCUT2D eigenvalue weighted by Gasteiger charge is -2.15. The molecule has 2 atom stereocenters. The molecule has 2 rings (SSSR count). The maximum Gasteiger partial charge on any atom is 0.246 e. The molecule has 0 aliphatic carbocycles. The van der Waals surface area contributed by atoms with Crippen molar-refractivity contribution in [3.8, 4) is 0 Å². The first kappa shape index (κ1) is 12.7. The SMILES string of the molecule is O=S(=O)(c1cnccc1Cl)N1CC(O)C(O)C1. The monoisotopic (exact) mass is 278 g/mol. The van der Waals surface area contributed by atoms with Crippen molar-refractivity contribution in [2.75, 3.05) is 13.1 Å². The van der Waals surface area contributed by atoms with Gasteiger partial charge in [-0.2, -0.15) is 4.31 Å². The summed E-state index contributed by atoms with van der Waals surface area (Å²) in [6.07, 6.45) is 0.393. The number of hydrogen-bond acceptors (Lipinski definition) is 5. The zero-order valence-electron chi connectivity index (χ0n) is 8.69. The van der Waals surface area contributed by atoms with Crippen molar-refractivity contribution >= 4 is 21.6 Å². The number of nitrogens with zero attached hydrogens (tertiary/aromatic N) is 2. The van der Waals surface area contributed by atoms with Gasteiger partial charge < -0.3 is 10.2 Å². The van der Waals surface area contributed by atoms with E-state index in [1.54, 1.807) is 0 Å². The third kappa shape index (κ3) is 2.29. The van der Waals surface area contributed by atoms with Crippen LogP contribution in [-0.2, 0) is 10.0 Å². The van der Waals surface area contributed by atoms with Crippen LogP contribution in [0.2, 0.25) is 5.02 Å². The average molecular weight is 279 g/mol. The fourth-order valence-electron chi connectivity index (χ4n) is 1.62. The first-order valence-corrected chi connectivity index (χ1v) is 6.70. The molecule has 0 saturated carbocycles. The van der Waals surface area contributed by atoms with E-state index in [2.05, 4.69) is 4.98 Å². The number of sulfonamides is 1. The number of aromatic nitrogens is 1. The molecule has 0 aromatic carbocycles. The maximum absolute atomic E-state index is 12.1. The molecule has 94 valence electrons. The van der Waals surface area contributed by atoms with Gasteiger partial charge in [0.1, 0.15) is 4.90 Å². The van der Waals surface area contributed by atoms with Gasteiger partial charge in [-0.3, -0.25) is 4.98 Å². The third-order valence-electron chi connectivity index (χ3n) is 2.58. The summed E-state index contributed by atoms with van der Waals surface area (Å²) in [5, 5.41) is 18.8. The van der Waals surface area contributed by atoms with Gasteiger partial charge >= 0.3 is 0 Å². The Bertz CT molecular complexity index is 511. The van der Waals surface area contributed by atoms with E-state index in [1.165, 1.54) is 12.3 Å². The molecule has 1 aromatic heterocycles. The van der Waals surface area contributed by atoms with Crippen LogP contribution in [-0.4, -0.2) is 53.2 Å². The molecule has 1 aliphatic heterocycles. The Morgan fingerprint density at radius 2 is 1.94 bits per heavy atom. The number of pyridine rings is 1. The van der Waals surface area contributed by atoms with Gasteiger partial charge in [0, 0.05) is 25.5 Å². The maximum atomic E-state index is 12.1. The molecule has 1 aromatic rings. The summed E-state index contributed by atoms with van der Waals surface area (Å²) < 4.78 is 25.2. The highest BCUT2D eigenvalue weighted by molar-refractivity contribution is 7.89. The number of aliphatic hydroxyl groups is 2. The van der Waals surface area contributed by atoms with Gasteiger partial charge in [0.05, 0.1) is 17.2 Å². The Morgan fingerprint density at radius 3 is 2.47 bits per heavy atom. The Balaban J connectivity index is 2.36. The van der Waals surface area contributed by atoms with E-state index < -0.39 is 22.2 Å². The van der Waals surface area contributed by atoms with E-state index >= 15 is 0 Å². The topological polar surface area (TPSA) is 90.7 Å². The number of hydrogen-bond donors (Lipinski definition) is 2. The van der Waals surface area contributed by atoms with Crippen LogP contribution in [0.3, 0.4) is 0 Å². The third-order valence-corrected chi connectivity index (χ3v) is 4.88. The quantitative estimate of drug-likeness (QED) is 0.758.